The second kappa shape index (κ2) is 5.07. The van der Waals surface area contributed by atoms with Gasteiger partial charge in [0.15, 0.2) is 0 Å². The summed E-state index contributed by atoms with van der Waals surface area (Å²) in [5.74, 6) is 1.02. The summed E-state index contributed by atoms with van der Waals surface area (Å²) in [4.78, 5) is 0. The highest BCUT2D eigenvalue weighted by Gasteiger charge is 2.23. The highest BCUT2D eigenvalue weighted by Crippen LogP contribution is 2.25. The van der Waals surface area contributed by atoms with Gasteiger partial charge >= 0.3 is 0 Å². The summed E-state index contributed by atoms with van der Waals surface area (Å²) in [5, 5.41) is 0. The number of ether oxygens (including phenoxy) is 1. The second-order valence-corrected chi connectivity index (χ2v) is 4.93. The first-order valence-corrected chi connectivity index (χ1v) is 5.67. The summed E-state index contributed by atoms with van der Waals surface area (Å²) in [6.45, 7) is 5.14. The largest absolute Gasteiger partial charge is 1.00 e. The lowest BCUT2D eigenvalue weighted by atomic mass is 9.98. The Hall–Kier alpha value is -0.730. The zero-order valence-corrected chi connectivity index (χ0v) is 11.0. The van der Waals surface area contributed by atoms with E-state index in [4.69, 9.17) is 4.74 Å². The average Bonchev–Trinajstić information content (AvgIpc) is 2.18. The van der Waals surface area contributed by atoms with Crippen LogP contribution in [0, 0.1) is 0 Å². The lowest BCUT2D eigenvalue weighted by Crippen LogP contribution is -3.00. The minimum absolute atomic E-state index is 0. The molecule has 1 aromatic carbocycles. The van der Waals surface area contributed by atoms with Gasteiger partial charge in [0.2, 0.25) is 0 Å². The van der Waals surface area contributed by atoms with Crippen molar-refractivity contribution >= 4 is 0 Å². The third-order valence-electron chi connectivity index (χ3n) is 3.07. The molecular formula is C13H20ClNO. The van der Waals surface area contributed by atoms with E-state index >= 15 is 0 Å². The van der Waals surface area contributed by atoms with Crippen molar-refractivity contribution in [1.29, 1.82) is 0 Å². The number of halogens is 1. The van der Waals surface area contributed by atoms with Gasteiger partial charge < -0.3 is 21.6 Å². The SMILES string of the molecule is CCOc1ccc2c(c1)CC[N+](C)(C)C2.[Cl-]. The van der Waals surface area contributed by atoms with Crippen molar-refractivity contribution < 1.29 is 21.6 Å². The minimum atomic E-state index is 0. The maximum Gasteiger partial charge on any atom is 0.119 e. The molecule has 0 unspecified atom stereocenters. The van der Waals surface area contributed by atoms with Gasteiger partial charge in [0.05, 0.1) is 27.2 Å². The molecule has 0 saturated carbocycles. The van der Waals surface area contributed by atoms with Crippen LogP contribution in [0.4, 0.5) is 0 Å². The molecule has 1 aliphatic heterocycles. The third-order valence-corrected chi connectivity index (χ3v) is 3.07. The van der Waals surface area contributed by atoms with Gasteiger partial charge in [0.1, 0.15) is 12.3 Å². The summed E-state index contributed by atoms with van der Waals surface area (Å²) in [6.07, 6.45) is 1.17. The fraction of sp³-hybridized carbons (Fsp3) is 0.538. The molecule has 3 heteroatoms. The van der Waals surface area contributed by atoms with E-state index in [0.29, 0.717) is 0 Å². The van der Waals surface area contributed by atoms with Crippen LogP contribution in [0.5, 0.6) is 5.75 Å². The second-order valence-electron chi connectivity index (χ2n) is 4.93. The van der Waals surface area contributed by atoms with Gasteiger partial charge in [-0.3, -0.25) is 0 Å². The molecule has 0 N–H and O–H groups in total. The van der Waals surface area contributed by atoms with Crippen molar-refractivity contribution in [2.45, 2.75) is 19.9 Å². The van der Waals surface area contributed by atoms with Crippen molar-refractivity contribution in [2.75, 3.05) is 27.2 Å². The molecule has 90 valence electrons. The number of hydrogen-bond donors (Lipinski definition) is 0. The van der Waals surface area contributed by atoms with Crippen LogP contribution in [-0.4, -0.2) is 31.7 Å². The van der Waals surface area contributed by atoms with Gasteiger partial charge in [-0.2, -0.15) is 0 Å². The molecule has 2 rings (SSSR count). The lowest BCUT2D eigenvalue weighted by molar-refractivity contribution is -0.905. The molecule has 0 spiro atoms. The van der Waals surface area contributed by atoms with Crippen molar-refractivity contribution in [2.24, 2.45) is 0 Å². The number of likely N-dealkylation sites (N-methyl/N-ethyl adjacent to an activating group) is 1. The van der Waals surface area contributed by atoms with E-state index in [2.05, 4.69) is 32.3 Å². The molecule has 0 bridgehead atoms. The Bertz CT molecular complexity index is 363. The molecule has 1 aromatic rings. The first-order chi connectivity index (χ1) is 7.11. The lowest BCUT2D eigenvalue weighted by Gasteiger charge is -2.34. The predicted molar refractivity (Wildman–Crippen MR) is 62.0 cm³/mol. The fourth-order valence-electron chi connectivity index (χ4n) is 2.21. The molecular weight excluding hydrogens is 222 g/mol. The van der Waals surface area contributed by atoms with Crippen LogP contribution >= 0.6 is 0 Å². The number of quaternary nitrogens is 1. The van der Waals surface area contributed by atoms with Gasteiger partial charge in [-0.25, -0.2) is 0 Å². The number of fused-ring (bicyclic) bond motifs is 1. The molecule has 2 nitrogen and oxygen atoms in total. The van der Waals surface area contributed by atoms with Crippen LogP contribution in [0.25, 0.3) is 0 Å². The molecule has 0 amide bonds. The quantitative estimate of drug-likeness (QED) is 0.618. The van der Waals surface area contributed by atoms with E-state index < -0.39 is 0 Å². The number of hydrogen-bond acceptors (Lipinski definition) is 1. The van der Waals surface area contributed by atoms with Gasteiger partial charge in [0.25, 0.3) is 0 Å². The van der Waals surface area contributed by atoms with Gasteiger partial charge in [-0.05, 0) is 30.7 Å². The maximum atomic E-state index is 5.52. The van der Waals surface area contributed by atoms with Gasteiger partial charge in [0, 0.05) is 12.0 Å². The third kappa shape index (κ3) is 2.89. The molecule has 0 aromatic heterocycles. The zero-order valence-electron chi connectivity index (χ0n) is 10.3. The minimum Gasteiger partial charge on any atom is -1.00 e. The summed E-state index contributed by atoms with van der Waals surface area (Å²) >= 11 is 0. The van der Waals surface area contributed by atoms with Crippen LogP contribution in [0.15, 0.2) is 18.2 Å². The zero-order chi connectivity index (χ0) is 10.9. The van der Waals surface area contributed by atoms with Crippen molar-refractivity contribution in [3.63, 3.8) is 0 Å². The maximum absolute atomic E-state index is 5.52. The van der Waals surface area contributed by atoms with Crippen LogP contribution in [0.1, 0.15) is 18.1 Å². The van der Waals surface area contributed by atoms with Crippen molar-refractivity contribution in [3.8, 4) is 5.75 Å². The number of nitrogens with zero attached hydrogens (tertiary/aromatic N) is 1. The normalized spacial score (nSPS) is 17.2. The molecule has 1 aliphatic rings. The Morgan fingerprint density at radius 1 is 1.25 bits per heavy atom. The fourth-order valence-corrected chi connectivity index (χ4v) is 2.21. The Kier molecular flexibility index (Phi) is 4.22. The monoisotopic (exact) mass is 241 g/mol. The molecule has 0 radical (unpaired) electrons. The predicted octanol–water partition coefficient (Wildman–Crippen LogP) is -0.778. The Balaban J connectivity index is 0.00000128. The van der Waals surface area contributed by atoms with E-state index in [-0.39, 0.29) is 12.4 Å². The smallest absolute Gasteiger partial charge is 0.119 e. The Labute approximate surface area is 104 Å². The molecule has 0 aliphatic carbocycles. The molecule has 16 heavy (non-hydrogen) atoms. The summed E-state index contributed by atoms with van der Waals surface area (Å²) in [5.41, 5.74) is 2.95. The Morgan fingerprint density at radius 2 is 2.00 bits per heavy atom. The number of rotatable bonds is 2. The first kappa shape index (κ1) is 13.3. The van der Waals surface area contributed by atoms with Crippen molar-refractivity contribution in [3.05, 3.63) is 29.3 Å². The average molecular weight is 242 g/mol. The van der Waals surface area contributed by atoms with Crippen LogP contribution in [0.2, 0.25) is 0 Å². The van der Waals surface area contributed by atoms with E-state index in [1.807, 2.05) is 6.92 Å². The van der Waals surface area contributed by atoms with E-state index in [0.717, 1.165) is 23.4 Å². The van der Waals surface area contributed by atoms with Crippen LogP contribution in [-0.2, 0) is 13.0 Å². The van der Waals surface area contributed by atoms with Gasteiger partial charge in [-0.15, -0.1) is 0 Å². The molecule has 0 fully saturated rings. The van der Waals surface area contributed by atoms with E-state index in [9.17, 15) is 0 Å². The summed E-state index contributed by atoms with van der Waals surface area (Å²) in [7, 11) is 4.58. The van der Waals surface area contributed by atoms with E-state index in [1.54, 1.807) is 0 Å². The highest BCUT2D eigenvalue weighted by atomic mass is 35.5. The highest BCUT2D eigenvalue weighted by molar-refractivity contribution is 5.36. The summed E-state index contributed by atoms with van der Waals surface area (Å²) in [6, 6.07) is 6.52. The molecule has 1 heterocycles. The Morgan fingerprint density at radius 3 is 2.69 bits per heavy atom. The molecule has 0 saturated heterocycles. The number of benzene rings is 1. The van der Waals surface area contributed by atoms with Crippen LogP contribution in [0.3, 0.4) is 0 Å². The molecule has 0 atom stereocenters. The van der Waals surface area contributed by atoms with Crippen molar-refractivity contribution in [1.82, 2.24) is 0 Å². The van der Waals surface area contributed by atoms with E-state index in [1.165, 1.54) is 24.1 Å². The van der Waals surface area contributed by atoms with Gasteiger partial charge in [-0.1, -0.05) is 0 Å². The summed E-state index contributed by atoms with van der Waals surface area (Å²) < 4.78 is 6.62. The first-order valence-electron chi connectivity index (χ1n) is 5.67. The standard InChI is InChI=1S/C13H20NO.ClH/c1-4-15-13-6-5-12-10-14(2,3)8-7-11(12)9-13;/h5-6,9H,4,7-8,10H2,1-3H3;1H/q+1;/p-1. The van der Waals surface area contributed by atoms with Crippen LogP contribution < -0.4 is 17.1 Å². The topological polar surface area (TPSA) is 9.23 Å².